The molecule has 0 rings (SSSR count). The lowest BCUT2D eigenvalue weighted by Crippen LogP contribution is -2.26. The van der Waals surface area contributed by atoms with E-state index >= 15 is 0 Å². The summed E-state index contributed by atoms with van der Waals surface area (Å²) in [5, 5.41) is 16.1. The van der Waals surface area contributed by atoms with Gasteiger partial charge in [0.25, 0.3) is 0 Å². The minimum absolute atomic E-state index is 0.226. The molecule has 0 aromatic rings. The van der Waals surface area contributed by atoms with Gasteiger partial charge >= 0.3 is 5.97 Å². The zero-order valence-corrected chi connectivity index (χ0v) is 7.28. The Morgan fingerprint density at radius 3 is 2.50 bits per heavy atom. The predicted octanol–water partition coefficient (Wildman–Crippen LogP) is -0.750. The van der Waals surface area contributed by atoms with Crippen LogP contribution in [-0.2, 0) is 9.53 Å². The van der Waals surface area contributed by atoms with Crippen LogP contribution in [0.3, 0.4) is 0 Å². The molecule has 1 unspecified atom stereocenters. The van der Waals surface area contributed by atoms with Gasteiger partial charge in [-0.3, -0.25) is 4.79 Å². The van der Waals surface area contributed by atoms with Crippen LogP contribution in [-0.4, -0.2) is 43.3 Å². The highest BCUT2D eigenvalue weighted by molar-refractivity contribution is 6.26. The Labute approximate surface area is 72.9 Å². The molecule has 0 saturated carbocycles. The zero-order chi connectivity index (χ0) is 9.78. The first-order valence-electron chi connectivity index (χ1n) is 3.63. The standard InChI is InChI=1S/C7H13BO4/c1-7(2,8)6(11)12-4-5(10)3-9/h5,9-10H,3-4H2,1-2H3. The Hall–Kier alpha value is -0.545. The van der Waals surface area contributed by atoms with Gasteiger partial charge in [-0.1, -0.05) is 13.8 Å². The maximum atomic E-state index is 10.9. The molecule has 2 radical (unpaired) electrons. The molecule has 0 aromatic carbocycles. The van der Waals surface area contributed by atoms with Gasteiger partial charge in [-0.2, -0.15) is 0 Å². The summed E-state index contributed by atoms with van der Waals surface area (Å²) in [6, 6.07) is 0. The number of esters is 1. The van der Waals surface area contributed by atoms with Gasteiger partial charge in [-0.25, -0.2) is 0 Å². The van der Waals surface area contributed by atoms with Crippen LogP contribution in [0.15, 0.2) is 0 Å². The van der Waals surface area contributed by atoms with E-state index in [1.165, 1.54) is 13.8 Å². The van der Waals surface area contributed by atoms with E-state index < -0.39 is 24.0 Å². The van der Waals surface area contributed by atoms with E-state index in [9.17, 15) is 4.79 Å². The molecule has 0 spiro atoms. The van der Waals surface area contributed by atoms with E-state index in [4.69, 9.17) is 18.1 Å². The molecule has 0 aliphatic carbocycles. The summed E-state index contributed by atoms with van der Waals surface area (Å²) in [6.45, 7) is 2.34. The Kier molecular flexibility index (Phi) is 4.27. The van der Waals surface area contributed by atoms with Crippen LogP contribution in [0.2, 0.25) is 5.31 Å². The van der Waals surface area contributed by atoms with Crippen molar-refractivity contribution in [3.63, 3.8) is 0 Å². The summed E-state index contributed by atoms with van der Waals surface area (Å²) in [5.41, 5.74) is 0. The van der Waals surface area contributed by atoms with Crippen molar-refractivity contribution >= 4 is 13.8 Å². The lowest BCUT2D eigenvalue weighted by molar-refractivity contribution is -0.150. The smallest absolute Gasteiger partial charge is 0.302 e. The van der Waals surface area contributed by atoms with Gasteiger partial charge < -0.3 is 14.9 Å². The van der Waals surface area contributed by atoms with Crippen molar-refractivity contribution in [2.75, 3.05) is 13.2 Å². The third-order valence-electron chi connectivity index (χ3n) is 1.14. The molecule has 0 saturated heterocycles. The van der Waals surface area contributed by atoms with Crippen molar-refractivity contribution in [3.05, 3.63) is 0 Å². The monoisotopic (exact) mass is 172 g/mol. The maximum Gasteiger partial charge on any atom is 0.302 e. The van der Waals surface area contributed by atoms with E-state index in [0.717, 1.165) is 0 Å². The van der Waals surface area contributed by atoms with Crippen LogP contribution in [0.1, 0.15) is 13.8 Å². The van der Waals surface area contributed by atoms with Gasteiger partial charge in [0.2, 0.25) is 0 Å². The Morgan fingerprint density at radius 2 is 2.17 bits per heavy atom. The molecular formula is C7H13BO4. The number of hydrogen-bond acceptors (Lipinski definition) is 4. The van der Waals surface area contributed by atoms with Gasteiger partial charge in [-0.05, 0) is 0 Å². The first-order chi connectivity index (χ1) is 5.38. The fourth-order valence-corrected chi connectivity index (χ4v) is 0.411. The van der Waals surface area contributed by atoms with Crippen molar-refractivity contribution in [3.8, 4) is 0 Å². The van der Waals surface area contributed by atoms with Gasteiger partial charge in [0.15, 0.2) is 0 Å². The molecule has 0 amide bonds. The molecule has 0 aliphatic rings. The molecule has 4 nitrogen and oxygen atoms in total. The average molecular weight is 172 g/mol. The number of carbonyl (C=O) groups excluding carboxylic acids is 1. The normalized spacial score (nSPS) is 14.0. The SMILES string of the molecule is [B]C(C)(C)C(=O)OCC(O)CO. The molecule has 0 heterocycles. The Balaban J connectivity index is 3.73. The van der Waals surface area contributed by atoms with E-state index in [1.807, 2.05) is 0 Å². The highest BCUT2D eigenvalue weighted by Gasteiger charge is 2.22. The molecule has 2 N–H and O–H groups in total. The lowest BCUT2D eigenvalue weighted by Gasteiger charge is -2.18. The molecule has 5 heteroatoms. The number of aliphatic hydroxyl groups is 2. The van der Waals surface area contributed by atoms with Gasteiger partial charge in [0.05, 0.1) is 14.5 Å². The van der Waals surface area contributed by atoms with Crippen LogP contribution < -0.4 is 0 Å². The topological polar surface area (TPSA) is 66.8 Å². The Morgan fingerprint density at radius 1 is 1.67 bits per heavy atom. The van der Waals surface area contributed by atoms with Crippen LogP contribution in [0.25, 0.3) is 0 Å². The van der Waals surface area contributed by atoms with Crippen LogP contribution in [0, 0.1) is 0 Å². The van der Waals surface area contributed by atoms with Crippen LogP contribution in [0.5, 0.6) is 0 Å². The molecule has 0 aromatic heterocycles. The third-order valence-corrected chi connectivity index (χ3v) is 1.14. The van der Waals surface area contributed by atoms with Crippen molar-refractivity contribution in [1.82, 2.24) is 0 Å². The highest BCUT2D eigenvalue weighted by atomic mass is 16.5. The van der Waals surface area contributed by atoms with Crippen LogP contribution >= 0.6 is 0 Å². The molecule has 0 aliphatic heterocycles. The summed E-state index contributed by atoms with van der Waals surface area (Å²) >= 11 is 0. The van der Waals surface area contributed by atoms with E-state index in [1.54, 1.807) is 0 Å². The molecule has 12 heavy (non-hydrogen) atoms. The zero-order valence-electron chi connectivity index (χ0n) is 7.28. The van der Waals surface area contributed by atoms with Crippen LogP contribution in [0.4, 0.5) is 0 Å². The van der Waals surface area contributed by atoms with Crippen molar-refractivity contribution in [2.24, 2.45) is 0 Å². The molecular weight excluding hydrogens is 159 g/mol. The summed E-state index contributed by atoms with van der Waals surface area (Å²) in [6.07, 6.45) is -1.03. The number of aliphatic hydroxyl groups excluding tert-OH is 2. The Bertz CT molecular complexity index is 152. The lowest BCUT2D eigenvalue weighted by atomic mass is 9.73. The molecule has 68 valence electrons. The van der Waals surface area contributed by atoms with Gasteiger partial charge in [0.1, 0.15) is 12.7 Å². The fourth-order valence-electron chi connectivity index (χ4n) is 0.411. The second kappa shape index (κ2) is 4.47. The van der Waals surface area contributed by atoms with Crippen molar-refractivity contribution < 1.29 is 19.7 Å². The molecule has 0 bridgehead atoms. The first kappa shape index (κ1) is 11.5. The molecule has 0 fully saturated rings. The second-order valence-corrected chi connectivity index (χ2v) is 3.16. The number of ether oxygens (including phenoxy) is 1. The minimum Gasteiger partial charge on any atom is -0.463 e. The van der Waals surface area contributed by atoms with E-state index in [-0.39, 0.29) is 6.61 Å². The van der Waals surface area contributed by atoms with Gasteiger partial charge in [-0.15, -0.1) is 0 Å². The largest absolute Gasteiger partial charge is 0.463 e. The maximum absolute atomic E-state index is 10.9. The minimum atomic E-state index is -1.06. The summed E-state index contributed by atoms with van der Waals surface area (Å²) < 4.78 is 4.59. The molecule has 1 atom stereocenters. The van der Waals surface area contributed by atoms with Crippen molar-refractivity contribution in [2.45, 2.75) is 25.3 Å². The third kappa shape index (κ3) is 4.36. The van der Waals surface area contributed by atoms with Gasteiger partial charge in [0, 0.05) is 5.31 Å². The van der Waals surface area contributed by atoms with E-state index in [2.05, 4.69) is 4.74 Å². The highest BCUT2D eigenvalue weighted by Crippen LogP contribution is 2.19. The average Bonchev–Trinajstić information content (AvgIpc) is 1.97. The number of hydrogen-bond donors (Lipinski definition) is 2. The quantitative estimate of drug-likeness (QED) is 0.432. The summed E-state index contributed by atoms with van der Waals surface area (Å²) in [5.74, 6) is -0.602. The number of rotatable bonds is 4. The van der Waals surface area contributed by atoms with Crippen molar-refractivity contribution in [1.29, 1.82) is 0 Å². The van der Waals surface area contributed by atoms with E-state index in [0.29, 0.717) is 0 Å². The fraction of sp³-hybridized carbons (Fsp3) is 0.857. The summed E-state index contributed by atoms with van der Waals surface area (Å²) in [7, 11) is 5.39. The second-order valence-electron chi connectivity index (χ2n) is 3.16. The predicted molar refractivity (Wildman–Crippen MR) is 43.8 cm³/mol. The summed E-state index contributed by atoms with van der Waals surface area (Å²) in [4.78, 5) is 10.9. The first-order valence-corrected chi connectivity index (χ1v) is 3.63. The number of carbonyl (C=O) groups is 1.